The average Bonchev–Trinajstić information content (AvgIpc) is 2.88. The van der Waals surface area contributed by atoms with E-state index in [0.29, 0.717) is 0 Å². The maximum absolute atomic E-state index is 5.54. The fourth-order valence-corrected chi connectivity index (χ4v) is 4.05. The molecule has 1 fully saturated rings. The van der Waals surface area contributed by atoms with E-state index in [1.807, 2.05) is 11.7 Å². The zero-order valence-electron chi connectivity index (χ0n) is 15.8. The topological polar surface area (TPSA) is 43.2 Å². The standard InChI is InChI=1S/C20H26N4O/c1-12-6-8-24(9-7-12)19-16-11-15(25-5)10-13(2)18(16)21-20-17(19)14(3)22-23(20)4/h10-12H,6-9H2,1-5H3. The Kier molecular flexibility index (Phi) is 3.82. The van der Waals surface area contributed by atoms with E-state index in [1.165, 1.54) is 29.3 Å². The van der Waals surface area contributed by atoms with Gasteiger partial charge in [-0.1, -0.05) is 6.92 Å². The SMILES string of the molecule is COc1cc(C)c2nc3c(c(C)nn3C)c(N3CCC(C)CC3)c2c1. The van der Waals surface area contributed by atoms with Crippen molar-refractivity contribution < 1.29 is 4.74 Å². The molecule has 0 atom stereocenters. The van der Waals surface area contributed by atoms with Crippen molar-refractivity contribution >= 4 is 27.6 Å². The van der Waals surface area contributed by atoms with E-state index in [0.717, 1.165) is 47.2 Å². The van der Waals surface area contributed by atoms with E-state index in [9.17, 15) is 0 Å². The molecule has 0 radical (unpaired) electrons. The van der Waals surface area contributed by atoms with Gasteiger partial charge in [-0.2, -0.15) is 5.10 Å². The molecule has 0 spiro atoms. The predicted octanol–water partition coefficient (Wildman–Crippen LogP) is 3.98. The van der Waals surface area contributed by atoms with Gasteiger partial charge in [0.25, 0.3) is 0 Å². The van der Waals surface area contributed by atoms with Crippen molar-refractivity contribution in [3.05, 3.63) is 23.4 Å². The second kappa shape index (κ2) is 5.90. The first-order chi connectivity index (χ1) is 12.0. The second-order valence-electron chi connectivity index (χ2n) is 7.38. The van der Waals surface area contributed by atoms with Crippen LogP contribution >= 0.6 is 0 Å². The number of aromatic nitrogens is 3. The number of rotatable bonds is 2. The first-order valence-electron chi connectivity index (χ1n) is 9.06. The summed E-state index contributed by atoms with van der Waals surface area (Å²) in [5.41, 5.74) is 5.47. The highest BCUT2D eigenvalue weighted by atomic mass is 16.5. The van der Waals surface area contributed by atoms with Crippen LogP contribution in [0.1, 0.15) is 31.0 Å². The number of hydrogen-bond donors (Lipinski definition) is 0. The van der Waals surface area contributed by atoms with E-state index in [4.69, 9.17) is 9.72 Å². The fourth-order valence-electron chi connectivity index (χ4n) is 4.05. The van der Waals surface area contributed by atoms with Crippen molar-refractivity contribution in [2.75, 3.05) is 25.1 Å². The number of methoxy groups -OCH3 is 1. The van der Waals surface area contributed by atoms with Crippen LogP contribution in [-0.2, 0) is 7.05 Å². The number of pyridine rings is 1. The van der Waals surface area contributed by atoms with Crippen LogP contribution in [-0.4, -0.2) is 35.0 Å². The van der Waals surface area contributed by atoms with E-state index in [-0.39, 0.29) is 0 Å². The summed E-state index contributed by atoms with van der Waals surface area (Å²) in [6.45, 7) is 8.70. The average molecular weight is 338 g/mol. The molecule has 1 saturated heterocycles. The summed E-state index contributed by atoms with van der Waals surface area (Å²) in [7, 11) is 3.71. The van der Waals surface area contributed by atoms with Crippen molar-refractivity contribution in [2.24, 2.45) is 13.0 Å². The predicted molar refractivity (Wildman–Crippen MR) is 103 cm³/mol. The first kappa shape index (κ1) is 16.2. The molecule has 0 unspecified atom stereocenters. The Morgan fingerprint density at radius 2 is 1.88 bits per heavy atom. The van der Waals surface area contributed by atoms with Gasteiger partial charge >= 0.3 is 0 Å². The molecule has 1 aliphatic heterocycles. The van der Waals surface area contributed by atoms with Gasteiger partial charge in [0.05, 0.1) is 29.4 Å². The van der Waals surface area contributed by atoms with Crippen LogP contribution in [0.25, 0.3) is 21.9 Å². The summed E-state index contributed by atoms with van der Waals surface area (Å²) in [5, 5.41) is 7.01. The van der Waals surface area contributed by atoms with Crippen LogP contribution in [0, 0.1) is 19.8 Å². The molecule has 3 heterocycles. The second-order valence-corrected chi connectivity index (χ2v) is 7.38. The zero-order chi connectivity index (χ0) is 17.7. The van der Waals surface area contributed by atoms with Gasteiger partial charge in [-0.3, -0.25) is 4.68 Å². The normalized spacial score (nSPS) is 16.1. The highest BCUT2D eigenvalue weighted by Gasteiger charge is 2.24. The number of aryl methyl sites for hydroxylation is 3. The van der Waals surface area contributed by atoms with Crippen LogP contribution in [0.2, 0.25) is 0 Å². The summed E-state index contributed by atoms with van der Waals surface area (Å²) in [4.78, 5) is 7.49. The van der Waals surface area contributed by atoms with E-state index < -0.39 is 0 Å². The molecule has 5 heteroatoms. The maximum atomic E-state index is 5.54. The molecule has 0 amide bonds. The number of anilines is 1. The van der Waals surface area contributed by atoms with Crippen LogP contribution in [0.5, 0.6) is 5.75 Å². The number of hydrogen-bond acceptors (Lipinski definition) is 4. The molecule has 25 heavy (non-hydrogen) atoms. The molecule has 1 aromatic carbocycles. The molecule has 3 aromatic rings. The van der Waals surface area contributed by atoms with Crippen molar-refractivity contribution in [3.63, 3.8) is 0 Å². The van der Waals surface area contributed by atoms with Crippen LogP contribution in [0.3, 0.4) is 0 Å². The first-order valence-corrected chi connectivity index (χ1v) is 9.06. The quantitative estimate of drug-likeness (QED) is 0.709. The van der Waals surface area contributed by atoms with Crippen LogP contribution < -0.4 is 9.64 Å². The molecule has 5 nitrogen and oxygen atoms in total. The highest BCUT2D eigenvalue weighted by molar-refractivity contribution is 6.09. The van der Waals surface area contributed by atoms with E-state index in [2.05, 4.69) is 42.9 Å². The molecule has 0 saturated carbocycles. The Balaban J connectivity index is 2.08. The number of nitrogens with zero attached hydrogens (tertiary/aromatic N) is 4. The van der Waals surface area contributed by atoms with E-state index >= 15 is 0 Å². The molecule has 0 N–H and O–H groups in total. The van der Waals surface area contributed by atoms with Gasteiger partial charge in [0, 0.05) is 25.5 Å². The summed E-state index contributed by atoms with van der Waals surface area (Å²) in [5.74, 6) is 1.69. The Hall–Kier alpha value is -2.30. The highest BCUT2D eigenvalue weighted by Crippen LogP contribution is 2.39. The van der Waals surface area contributed by atoms with Crippen LogP contribution in [0.15, 0.2) is 12.1 Å². The summed E-state index contributed by atoms with van der Waals surface area (Å²) in [6.07, 6.45) is 2.46. The third kappa shape index (κ3) is 2.53. The van der Waals surface area contributed by atoms with Crippen molar-refractivity contribution in [1.82, 2.24) is 14.8 Å². The fraction of sp³-hybridized carbons (Fsp3) is 0.500. The Bertz CT molecular complexity index is 952. The van der Waals surface area contributed by atoms with Gasteiger partial charge in [-0.25, -0.2) is 4.98 Å². The minimum absolute atomic E-state index is 0.797. The summed E-state index contributed by atoms with van der Waals surface area (Å²) < 4.78 is 7.45. The number of ether oxygens (including phenoxy) is 1. The minimum atomic E-state index is 0.797. The lowest BCUT2D eigenvalue weighted by atomic mass is 9.97. The summed E-state index contributed by atoms with van der Waals surface area (Å²) >= 11 is 0. The number of benzene rings is 1. The Morgan fingerprint density at radius 1 is 1.16 bits per heavy atom. The molecular weight excluding hydrogens is 312 g/mol. The molecule has 2 aromatic heterocycles. The van der Waals surface area contributed by atoms with Crippen molar-refractivity contribution in [3.8, 4) is 5.75 Å². The maximum Gasteiger partial charge on any atom is 0.160 e. The Labute approximate surface area is 148 Å². The lowest BCUT2D eigenvalue weighted by Gasteiger charge is -2.33. The molecule has 1 aliphatic rings. The van der Waals surface area contributed by atoms with Gasteiger partial charge in [0.1, 0.15) is 5.75 Å². The zero-order valence-corrected chi connectivity index (χ0v) is 15.8. The van der Waals surface area contributed by atoms with Gasteiger partial charge < -0.3 is 9.64 Å². The number of piperidine rings is 1. The Morgan fingerprint density at radius 3 is 2.56 bits per heavy atom. The van der Waals surface area contributed by atoms with Gasteiger partial charge in [0.2, 0.25) is 0 Å². The third-order valence-corrected chi connectivity index (χ3v) is 5.51. The minimum Gasteiger partial charge on any atom is -0.497 e. The monoisotopic (exact) mass is 338 g/mol. The lowest BCUT2D eigenvalue weighted by molar-refractivity contribution is 0.415. The van der Waals surface area contributed by atoms with Crippen LogP contribution in [0.4, 0.5) is 5.69 Å². The lowest BCUT2D eigenvalue weighted by Crippen LogP contribution is -2.33. The summed E-state index contributed by atoms with van der Waals surface area (Å²) in [6, 6.07) is 4.20. The van der Waals surface area contributed by atoms with Gasteiger partial charge in [-0.05, 0) is 50.3 Å². The smallest absolute Gasteiger partial charge is 0.160 e. The van der Waals surface area contributed by atoms with Crippen molar-refractivity contribution in [1.29, 1.82) is 0 Å². The largest absolute Gasteiger partial charge is 0.497 e. The van der Waals surface area contributed by atoms with Gasteiger partial charge in [0.15, 0.2) is 5.65 Å². The van der Waals surface area contributed by atoms with E-state index in [1.54, 1.807) is 7.11 Å². The third-order valence-electron chi connectivity index (χ3n) is 5.51. The number of fused-ring (bicyclic) bond motifs is 2. The molecule has 0 bridgehead atoms. The molecular formula is C20H26N4O. The molecule has 4 rings (SSSR count). The van der Waals surface area contributed by atoms with Gasteiger partial charge in [-0.15, -0.1) is 0 Å². The van der Waals surface area contributed by atoms with Crippen molar-refractivity contribution in [2.45, 2.75) is 33.6 Å². The molecule has 132 valence electrons. The molecule has 0 aliphatic carbocycles.